The van der Waals surface area contributed by atoms with E-state index in [1.807, 2.05) is 6.07 Å². The first-order valence-corrected chi connectivity index (χ1v) is 4.47. The van der Waals surface area contributed by atoms with Crippen LogP contribution in [0.2, 0.25) is 5.02 Å². The van der Waals surface area contributed by atoms with Gasteiger partial charge in [-0.05, 0) is 18.2 Å². The average Bonchev–Trinajstić information content (AvgIpc) is 2.44. The van der Waals surface area contributed by atoms with Crippen LogP contribution in [0.5, 0.6) is 0 Å². The van der Waals surface area contributed by atoms with Crippen molar-refractivity contribution in [3.63, 3.8) is 0 Å². The Labute approximate surface area is 85.9 Å². The second-order valence-electron chi connectivity index (χ2n) is 2.99. The zero-order valence-electron chi connectivity index (χ0n) is 7.16. The minimum absolute atomic E-state index is 0.166. The molecule has 1 aromatic rings. The second-order valence-corrected chi connectivity index (χ2v) is 3.42. The van der Waals surface area contributed by atoms with Crippen LogP contribution in [0, 0.1) is 11.3 Å². The first-order chi connectivity index (χ1) is 6.72. The Kier molecular flexibility index (Phi) is 2.14. The predicted octanol–water partition coefficient (Wildman–Crippen LogP) is 2.47. The Balaban J connectivity index is 2.46. The van der Waals surface area contributed by atoms with E-state index in [1.165, 1.54) is 0 Å². The summed E-state index contributed by atoms with van der Waals surface area (Å²) in [4.78, 5) is 11.3. The number of ether oxygens (including phenoxy) is 1. The standard InChI is InChI=1S/C10H6ClNO2/c11-6-1-2-7-8(5-6)9(3-4-12)14-10(7)13/h1-2,5,9H,3H2/t9-/m0/s1. The van der Waals surface area contributed by atoms with Crippen LogP contribution < -0.4 is 0 Å². The molecule has 1 aliphatic rings. The molecule has 3 nitrogen and oxygen atoms in total. The quantitative estimate of drug-likeness (QED) is 0.665. The molecule has 0 saturated carbocycles. The zero-order valence-corrected chi connectivity index (χ0v) is 7.91. The number of hydrogen-bond acceptors (Lipinski definition) is 3. The Bertz CT molecular complexity index is 436. The van der Waals surface area contributed by atoms with Crippen LogP contribution >= 0.6 is 11.6 Å². The second kappa shape index (κ2) is 3.32. The van der Waals surface area contributed by atoms with Gasteiger partial charge in [-0.15, -0.1) is 0 Å². The van der Waals surface area contributed by atoms with Gasteiger partial charge in [-0.2, -0.15) is 5.26 Å². The molecule has 0 radical (unpaired) electrons. The van der Waals surface area contributed by atoms with Crippen molar-refractivity contribution in [2.45, 2.75) is 12.5 Å². The van der Waals surface area contributed by atoms with E-state index in [2.05, 4.69) is 0 Å². The monoisotopic (exact) mass is 207 g/mol. The van der Waals surface area contributed by atoms with E-state index >= 15 is 0 Å². The number of carbonyl (C=O) groups excluding carboxylic acids is 1. The number of fused-ring (bicyclic) bond motifs is 1. The Morgan fingerprint density at radius 1 is 1.57 bits per heavy atom. The third-order valence-corrected chi connectivity index (χ3v) is 2.34. The van der Waals surface area contributed by atoms with Gasteiger partial charge in [0, 0.05) is 10.6 Å². The fourth-order valence-electron chi connectivity index (χ4n) is 1.48. The predicted molar refractivity (Wildman–Crippen MR) is 49.8 cm³/mol. The van der Waals surface area contributed by atoms with Gasteiger partial charge in [0.1, 0.15) is 6.10 Å². The van der Waals surface area contributed by atoms with E-state index in [0.29, 0.717) is 16.1 Å². The first kappa shape index (κ1) is 9.04. The van der Waals surface area contributed by atoms with Gasteiger partial charge in [-0.1, -0.05) is 11.6 Å². The molecule has 0 bridgehead atoms. The molecular formula is C10H6ClNO2. The van der Waals surface area contributed by atoms with Gasteiger partial charge < -0.3 is 4.74 Å². The molecule has 0 unspecified atom stereocenters. The van der Waals surface area contributed by atoms with Gasteiger partial charge in [0.05, 0.1) is 18.1 Å². The molecule has 0 spiro atoms. The first-order valence-electron chi connectivity index (χ1n) is 4.10. The van der Waals surface area contributed by atoms with Crippen LogP contribution in [0.4, 0.5) is 0 Å². The van der Waals surface area contributed by atoms with Gasteiger partial charge in [-0.25, -0.2) is 4.79 Å². The van der Waals surface area contributed by atoms with Crippen LogP contribution in [0.25, 0.3) is 0 Å². The Morgan fingerprint density at radius 3 is 3.07 bits per heavy atom. The lowest BCUT2D eigenvalue weighted by atomic mass is 10.0. The molecule has 4 heteroatoms. The molecule has 1 aliphatic heterocycles. The lowest BCUT2D eigenvalue weighted by Crippen LogP contribution is -1.96. The highest BCUT2D eigenvalue weighted by molar-refractivity contribution is 6.30. The highest BCUT2D eigenvalue weighted by Crippen LogP contribution is 2.34. The van der Waals surface area contributed by atoms with Crippen LogP contribution in [-0.4, -0.2) is 5.97 Å². The number of benzene rings is 1. The fourth-order valence-corrected chi connectivity index (χ4v) is 1.66. The summed E-state index contributed by atoms with van der Waals surface area (Å²) in [5.74, 6) is -0.378. The Morgan fingerprint density at radius 2 is 2.36 bits per heavy atom. The lowest BCUT2D eigenvalue weighted by molar-refractivity contribution is 0.0395. The van der Waals surface area contributed by atoms with Gasteiger partial charge in [0.2, 0.25) is 0 Å². The molecule has 0 aliphatic carbocycles. The topological polar surface area (TPSA) is 50.1 Å². The molecule has 0 fully saturated rings. The van der Waals surface area contributed by atoms with Crippen molar-refractivity contribution >= 4 is 17.6 Å². The summed E-state index contributed by atoms with van der Waals surface area (Å²) in [6, 6.07) is 6.90. The summed E-state index contributed by atoms with van der Waals surface area (Å²) in [5, 5.41) is 9.08. The highest BCUT2D eigenvalue weighted by Gasteiger charge is 2.30. The van der Waals surface area contributed by atoms with Gasteiger partial charge in [-0.3, -0.25) is 0 Å². The minimum Gasteiger partial charge on any atom is -0.453 e. The zero-order chi connectivity index (χ0) is 10.1. The normalized spacial score (nSPS) is 18.6. The maximum atomic E-state index is 11.3. The molecule has 70 valence electrons. The third kappa shape index (κ3) is 1.34. The molecule has 0 amide bonds. The van der Waals surface area contributed by atoms with Gasteiger partial charge in [0.15, 0.2) is 0 Å². The lowest BCUT2D eigenvalue weighted by Gasteiger charge is -2.04. The number of hydrogen-bond donors (Lipinski definition) is 0. The van der Waals surface area contributed by atoms with Crippen molar-refractivity contribution in [1.29, 1.82) is 5.26 Å². The van der Waals surface area contributed by atoms with Gasteiger partial charge in [0.25, 0.3) is 0 Å². The van der Waals surface area contributed by atoms with Crippen molar-refractivity contribution in [2.75, 3.05) is 0 Å². The van der Waals surface area contributed by atoms with Crippen molar-refractivity contribution in [1.82, 2.24) is 0 Å². The SMILES string of the molecule is N#CC[C@@H]1OC(=O)c2ccc(Cl)cc21. The van der Waals surface area contributed by atoms with E-state index in [-0.39, 0.29) is 12.4 Å². The molecule has 0 saturated heterocycles. The maximum absolute atomic E-state index is 11.3. The van der Waals surface area contributed by atoms with Crippen molar-refractivity contribution < 1.29 is 9.53 Å². The molecule has 2 rings (SSSR count). The number of nitrogens with zero attached hydrogens (tertiary/aromatic N) is 1. The highest BCUT2D eigenvalue weighted by atomic mass is 35.5. The van der Waals surface area contributed by atoms with E-state index in [4.69, 9.17) is 21.6 Å². The summed E-state index contributed by atoms with van der Waals surface area (Å²) in [7, 11) is 0. The summed E-state index contributed by atoms with van der Waals surface area (Å²) in [5.41, 5.74) is 1.22. The average molecular weight is 208 g/mol. The molecular weight excluding hydrogens is 202 g/mol. The Hall–Kier alpha value is -1.53. The van der Waals surface area contributed by atoms with Gasteiger partial charge >= 0.3 is 5.97 Å². The third-order valence-electron chi connectivity index (χ3n) is 2.11. The summed E-state index contributed by atoms with van der Waals surface area (Å²) < 4.78 is 5.01. The number of cyclic esters (lactones) is 1. The molecule has 1 atom stereocenters. The number of carbonyl (C=O) groups is 1. The molecule has 1 aromatic carbocycles. The van der Waals surface area contributed by atoms with E-state index < -0.39 is 6.10 Å². The summed E-state index contributed by atoms with van der Waals surface area (Å²) in [6.07, 6.45) is -0.291. The largest absolute Gasteiger partial charge is 0.453 e. The number of esters is 1. The molecule has 1 heterocycles. The van der Waals surface area contributed by atoms with E-state index in [0.717, 1.165) is 0 Å². The van der Waals surface area contributed by atoms with Crippen LogP contribution in [0.3, 0.4) is 0 Å². The van der Waals surface area contributed by atoms with Crippen molar-refractivity contribution in [3.8, 4) is 6.07 Å². The molecule has 0 aromatic heterocycles. The number of nitriles is 1. The smallest absolute Gasteiger partial charge is 0.339 e. The van der Waals surface area contributed by atoms with Crippen molar-refractivity contribution in [2.24, 2.45) is 0 Å². The maximum Gasteiger partial charge on any atom is 0.339 e. The molecule has 14 heavy (non-hydrogen) atoms. The number of rotatable bonds is 1. The van der Waals surface area contributed by atoms with Crippen LogP contribution in [0.1, 0.15) is 28.4 Å². The van der Waals surface area contributed by atoms with Crippen molar-refractivity contribution in [3.05, 3.63) is 34.3 Å². The summed E-state index contributed by atoms with van der Waals surface area (Å²) >= 11 is 5.79. The minimum atomic E-state index is -0.457. The van der Waals surface area contributed by atoms with E-state index in [1.54, 1.807) is 18.2 Å². The number of halogens is 1. The molecule has 0 N–H and O–H groups in total. The summed E-state index contributed by atoms with van der Waals surface area (Å²) in [6.45, 7) is 0. The van der Waals surface area contributed by atoms with Crippen LogP contribution in [-0.2, 0) is 4.74 Å². The fraction of sp³-hybridized carbons (Fsp3) is 0.200. The van der Waals surface area contributed by atoms with Crippen LogP contribution in [0.15, 0.2) is 18.2 Å². The van der Waals surface area contributed by atoms with E-state index in [9.17, 15) is 4.79 Å².